The molecule has 2 heterocycles. The number of benzene rings is 1. The Morgan fingerprint density at radius 1 is 1.17 bits per heavy atom. The summed E-state index contributed by atoms with van der Waals surface area (Å²) in [4.78, 5) is 8.75. The first-order valence-electron chi connectivity index (χ1n) is 5.71. The molecule has 0 atom stereocenters. The minimum absolute atomic E-state index is 0.360. The summed E-state index contributed by atoms with van der Waals surface area (Å²) in [6.45, 7) is 2.68. The molecular formula is C12H12N6. The third-order valence-corrected chi connectivity index (χ3v) is 2.72. The van der Waals surface area contributed by atoms with E-state index in [1.165, 1.54) is 0 Å². The van der Waals surface area contributed by atoms with Gasteiger partial charge in [-0.25, -0.2) is 14.6 Å². The van der Waals surface area contributed by atoms with Gasteiger partial charge in [0.2, 0.25) is 0 Å². The van der Waals surface area contributed by atoms with Crippen LogP contribution in [0.3, 0.4) is 0 Å². The molecule has 18 heavy (non-hydrogen) atoms. The van der Waals surface area contributed by atoms with E-state index in [1.807, 2.05) is 37.3 Å². The van der Waals surface area contributed by atoms with E-state index >= 15 is 0 Å². The highest BCUT2D eigenvalue weighted by Crippen LogP contribution is 2.20. The quantitative estimate of drug-likeness (QED) is 0.733. The van der Waals surface area contributed by atoms with Crippen molar-refractivity contribution in [2.45, 2.75) is 13.5 Å². The average Bonchev–Trinajstić information content (AvgIpc) is 2.83. The summed E-state index contributed by atoms with van der Waals surface area (Å²) < 4.78 is 1.71. The van der Waals surface area contributed by atoms with Crippen LogP contribution in [0.5, 0.6) is 0 Å². The van der Waals surface area contributed by atoms with Crippen molar-refractivity contribution < 1.29 is 0 Å². The number of anilines is 1. The summed E-state index contributed by atoms with van der Waals surface area (Å²) in [6.07, 6.45) is 0. The molecule has 0 bridgehead atoms. The number of aromatic nitrogens is 5. The molecule has 6 heteroatoms. The highest BCUT2D eigenvalue weighted by atomic mass is 15.4. The van der Waals surface area contributed by atoms with Crippen LogP contribution in [-0.2, 0) is 6.54 Å². The standard InChI is InChI=1S/C12H12N6/c1-2-18-12-9(16-17-18)10(13)14-11(15-12)8-6-4-3-5-7-8/h3-7H,2H2,1H3,(H2,13,14,15). The lowest BCUT2D eigenvalue weighted by molar-refractivity contribution is 0.641. The maximum absolute atomic E-state index is 5.90. The summed E-state index contributed by atoms with van der Waals surface area (Å²) in [5.74, 6) is 0.955. The van der Waals surface area contributed by atoms with Gasteiger partial charge >= 0.3 is 0 Å². The molecule has 3 rings (SSSR count). The van der Waals surface area contributed by atoms with Crippen LogP contribution in [0.2, 0.25) is 0 Å². The second-order valence-electron chi connectivity index (χ2n) is 3.88. The Morgan fingerprint density at radius 2 is 1.94 bits per heavy atom. The van der Waals surface area contributed by atoms with Crippen LogP contribution < -0.4 is 5.73 Å². The van der Waals surface area contributed by atoms with Crippen LogP contribution in [0.15, 0.2) is 30.3 Å². The topological polar surface area (TPSA) is 82.5 Å². The maximum atomic E-state index is 5.90. The summed E-state index contributed by atoms with van der Waals surface area (Å²) in [7, 11) is 0. The molecule has 0 aliphatic rings. The Hall–Kier alpha value is -2.50. The summed E-state index contributed by atoms with van der Waals surface area (Å²) in [5, 5.41) is 7.98. The van der Waals surface area contributed by atoms with Gasteiger partial charge < -0.3 is 5.73 Å². The van der Waals surface area contributed by atoms with Crippen LogP contribution in [0.1, 0.15) is 6.92 Å². The first-order valence-corrected chi connectivity index (χ1v) is 5.71. The van der Waals surface area contributed by atoms with Crippen molar-refractivity contribution in [2.24, 2.45) is 0 Å². The van der Waals surface area contributed by atoms with Gasteiger partial charge in [-0.05, 0) is 6.92 Å². The molecule has 0 fully saturated rings. The summed E-state index contributed by atoms with van der Waals surface area (Å²) in [5.41, 5.74) is 8.04. The lowest BCUT2D eigenvalue weighted by atomic mass is 10.2. The Bertz CT molecular complexity index is 688. The smallest absolute Gasteiger partial charge is 0.184 e. The molecule has 90 valence electrons. The highest BCUT2D eigenvalue weighted by Gasteiger charge is 2.12. The van der Waals surface area contributed by atoms with Crippen LogP contribution in [-0.4, -0.2) is 25.0 Å². The SMILES string of the molecule is CCn1nnc2c(N)nc(-c3ccccc3)nc21. The number of hydrogen-bond acceptors (Lipinski definition) is 5. The molecule has 0 amide bonds. The van der Waals surface area contributed by atoms with Crippen LogP contribution in [0.25, 0.3) is 22.6 Å². The van der Waals surface area contributed by atoms with Gasteiger partial charge in [-0.3, -0.25) is 0 Å². The van der Waals surface area contributed by atoms with Gasteiger partial charge in [0.25, 0.3) is 0 Å². The van der Waals surface area contributed by atoms with E-state index in [0.29, 0.717) is 29.4 Å². The number of hydrogen-bond donors (Lipinski definition) is 1. The van der Waals surface area contributed by atoms with Crippen LogP contribution in [0, 0.1) is 0 Å². The van der Waals surface area contributed by atoms with Gasteiger partial charge in [0.1, 0.15) is 0 Å². The fourth-order valence-corrected chi connectivity index (χ4v) is 1.81. The van der Waals surface area contributed by atoms with E-state index in [1.54, 1.807) is 4.68 Å². The average molecular weight is 240 g/mol. The molecular weight excluding hydrogens is 228 g/mol. The highest BCUT2D eigenvalue weighted by molar-refractivity contribution is 5.82. The number of nitrogen functional groups attached to an aromatic ring is 1. The Labute approximate surface area is 103 Å². The van der Waals surface area contributed by atoms with Crippen molar-refractivity contribution in [3.63, 3.8) is 0 Å². The number of rotatable bonds is 2. The van der Waals surface area contributed by atoms with E-state index < -0.39 is 0 Å². The number of nitrogens with two attached hydrogens (primary N) is 1. The van der Waals surface area contributed by atoms with Gasteiger partial charge in [-0.15, -0.1) is 5.10 Å². The normalized spacial score (nSPS) is 10.9. The van der Waals surface area contributed by atoms with Gasteiger partial charge in [0, 0.05) is 12.1 Å². The van der Waals surface area contributed by atoms with Crippen molar-refractivity contribution >= 4 is 17.0 Å². The number of fused-ring (bicyclic) bond motifs is 1. The van der Waals surface area contributed by atoms with Crippen molar-refractivity contribution in [2.75, 3.05) is 5.73 Å². The van der Waals surface area contributed by atoms with E-state index in [0.717, 1.165) is 5.56 Å². The Morgan fingerprint density at radius 3 is 2.67 bits per heavy atom. The van der Waals surface area contributed by atoms with Crippen molar-refractivity contribution in [3.8, 4) is 11.4 Å². The zero-order valence-corrected chi connectivity index (χ0v) is 9.91. The fraction of sp³-hybridized carbons (Fsp3) is 0.167. The lowest BCUT2D eigenvalue weighted by Crippen LogP contribution is -2.01. The maximum Gasteiger partial charge on any atom is 0.184 e. The van der Waals surface area contributed by atoms with Crippen molar-refractivity contribution in [1.29, 1.82) is 0 Å². The lowest BCUT2D eigenvalue weighted by Gasteiger charge is -2.02. The van der Waals surface area contributed by atoms with Gasteiger partial charge in [0.05, 0.1) is 0 Å². The molecule has 2 N–H and O–H groups in total. The molecule has 3 aromatic rings. The molecule has 6 nitrogen and oxygen atoms in total. The summed E-state index contributed by atoms with van der Waals surface area (Å²) in [6, 6.07) is 9.72. The number of aryl methyl sites for hydroxylation is 1. The third kappa shape index (κ3) is 1.58. The fourth-order valence-electron chi connectivity index (χ4n) is 1.81. The molecule has 0 saturated carbocycles. The molecule has 2 aromatic heterocycles. The molecule has 0 aliphatic heterocycles. The molecule has 0 radical (unpaired) electrons. The minimum atomic E-state index is 0.360. The second-order valence-corrected chi connectivity index (χ2v) is 3.88. The molecule has 0 spiro atoms. The zero-order valence-electron chi connectivity index (χ0n) is 9.91. The minimum Gasteiger partial charge on any atom is -0.382 e. The number of nitrogens with zero attached hydrogens (tertiary/aromatic N) is 5. The first-order chi connectivity index (χ1) is 8.79. The monoisotopic (exact) mass is 240 g/mol. The largest absolute Gasteiger partial charge is 0.382 e. The predicted molar refractivity (Wildman–Crippen MR) is 68.6 cm³/mol. The van der Waals surface area contributed by atoms with E-state index in [4.69, 9.17) is 5.73 Å². The van der Waals surface area contributed by atoms with Gasteiger partial charge in [-0.1, -0.05) is 35.5 Å². The second kappa shape index (κ2) is 4.06. The van der Waals surface area contributed by atoms with Crippen molar-refractivity contribution in [1.82, 2.24) is 25.0 Å². The van der Waals surface area contributed by atoms with E-state index in [9.17, 15) is 0 Å². The molecule has 0 saturated heterocycles. The van der Waals surface area contributed by atoms with E-state index in [2.05, 4.69) is 20.3 Å². The first kappa shape index (κ1) is 10.6. The van der Waals surface area contributed by atoms with Gasteiger partial charge in [0.15, 0.2) is 22.8 Å². The molecule has 0 unspecified atom stereocenters. The van der Waals surface area contributed by atoms with Crippen LogP contribution in [0.4, 0.5) is 5.82 Å². The predicted octanol–water partition coefficient (Wildman–Crippen LogP) is 1.49. The van der Waals surface area contributed by atoms with Gasteiger partial charge in [-0.2, -0.15) is 0 Å². The Balaban J connectivity index is 2.26. The summed E-state index contributed by atoms with van der Waals surface area (Å²) >= 11 is 0. The van der Waals surface area contributed by atoms with Crippen LogP contribution >= 0.6 is 0 Å². The Kier molecular flexibility index (Phi) is 2.40. The van der Waals surface area contributed by atoms with E-state index in [-0.39, 0.29) is 0 Å². The third-order valence-electron chi connectivity index (χ3n) is 2.72. The molecule has 1 aromatic carbocycles. The zero-order chi connectivity index (χ0) is 12.5. The van der Waals surface area contributed by atoms with Crippen molar-refractivity contribution in [3.05, 3.63) is 30.3 Å². The molecule has 0 aliphatic carbocycles.